The van der Waals surface area contributed by atoms with Gasteiger partial charge in [0.25, 0.3) is 0 Å². The van der Waals surface area contributed by atoms with Gasteiger partial charge in [-0.2, -0.15) is 0 Å². The Labute approximate surface area is 184 Å². The number of nitrogens with one attached hydrogen (secondary N) is 1. The van der Waals surface area contributed by atoms with Gasteiger partial charge in [0.1, 0.15) is 6.04 Å². The Morgan fingerprint density at radius 1 is 1.17 bits per heavy atom. The number of anilines is 1. The quantitative estimate of drug-likeness (QED) is 0.462. The molecule has 0 aromatic heterocycles. The van der Waals surface area contributed by atoms with Crippen LogP contribution in [-0.2, 0) is 4.79 Å². The van der Waals surface area contributed by atoms with Crippen molar-refractivity contribution in [1.29, 1.82) is 0 Å². The number of benzene rings is 1. The van der Waals surface area contributed by atoms with Crippen LogP contribution in [0.3, 0.4) is 0 Å². The second-order valence-corrected chi connectivity index (χ2v) is 9.47. The molecule has 1 rings (SSSR count). The Morgan fingerprint density at radius 3 is 2.20 bits per heavy atom. The van der Waals surface area contributed by atoms with Crippen LogP contribution in [0.1, 0.15) is 53.5 Å². The fraction of sp³-hybridized carbons (Fsp3) is 0.583. The van der Waals surface area contributed by atoms with Crippen LogP contribution in [0.5, 0.6) is 0 Å². The monoisotopic (exact) mass is 411 g/mol. The highest BCUT2D eigenvalue weighted by atomic mass is 16.2. The van der Waals surface area contributed by atoms with Gasteiger partial charge in [-0.05, 0) is 59.1 Å². The smallest absolute Gasteiger partial charge is 0.243 e. The van der Waals surface area contributed by atoms with Crippen LogP contribution >= 0.6 is 0 Å². The summed E-state index contributed by atoms with van der Waals surface area (Å²) in [5, 5.41) is 3.15. The van der Waals surface area contributed by atoms with Gasteiger partial charge in [0.2, 0.25) is 13.8 Å². The van der Waals surface area contributed by atoms with E-state index in [4.69, 9.17) is 7.85 Å². The molecule has 0 saturated carbocycles. The van der Waals surface area contributed by atoms with Crippen LogP contribution in [0.2, 0.25) is 0 Å². The molecule has 6 heteroatoms. The summed E-state index contributed by atoms with van der Waals surface area (Å²) in [7, 11) is 7.02. The summed E-state index contributed by atoms with van der Waals surface area (Å²) in [6, 6.07) is 7.81. The van der Waals surface area contributed by atoms with Crippen molar-refractivity contribution in [1.82, 2.24) is 10.2 Å². The lowest BCUT2D eigenvalue weighted by molar-refractivity contribution is -0.127. The summed E-state index contributed by atoms with van der Waals surface area (Å²) in [5.74, 6) is -0.521. The second kappa shape index (κ2) is 11.2. The molecule has 0 saturated heterocycles. The van der Waals surface area contributed by atoms with Gasteiger partial charge < -0.3 is 15.1 Å². The normalized spacial score (nSPS) is 12.3. The van der Waals surface area contributed by atoms with E-state index >= 15 is 0 Å². The fourth-order valence-electron chi connectivity index (χ4n) is 3.28. The van der Waals surface area contributed by atoms with E-state index in [1.54, 1.807) is 7.05 Å². The van der Waals surface area contributed by atoms with Crippen LogP contribution in [0, 0.1) is 12.8 Å². The minimum absolute atomic E-state index is 0.180. The molecule has 0 bridgehead atoms. The Hall–Kier alpha value is -2.24. The van der Waals surface area contributed by atoms with E-state index in [0.29, 0.717) is 13.0 Å². The van der Waals surface area contributed by atoms with E-state index in [9.17, 15) is 9.59 Å². The number of aryl methyl sites for hydroxylation is 1. The number of likely N-dealkylation sites (N-methyl/N-ethyl adjacent to an activating group) is 1. The largest absolute Gasteiger partial charge is 0.365 e. The van der Waals surface area contributed by atoms with Crippen molar-refractivity contribution in [3.05, 3.63) is 41.5 Å². The highest BCUT2D eigenvalue weighted by molar-refractivity contribution is 6.57. The third-order valence-electron chi connectivity index (χ3n) is 4.98. The van der Waals surface area contributed by atoms with Gasteiger partial charge in [0.15, 0.2) is 5.81 Å². The maximum absolute atomic E-state index is 13.1. The van der Waals surface area contributed by atoms with E-state index in [-0.39, 0.29) is 11.8 Å². The first kappa shape index (κ1) is 25.8. The predicted octanol–water partition coefficient (Wildman–Crippen LogP) is 4.30. The van der Waals surface area contributed by atoms with Gasteiger partial charge >= 0.3 is 0 Å². The molecule has 0 spiro atoms. The molecule has 1 aromatic rings. The molecule has 0 heterocycles. The van der Waals surface area contributed by atoms with E-state index in [1.807, 2.05) is 27.7 Å². The third-order valence-corrected chi connectivity index (χ3v) is 4.98. The van der Waals surface area contributed by atoms with Crippen molar-refractivity contribution in [3.63, 3.8) is 0 Å². The number of allylic oxidation sites excluding steroid dienone is 1. The zero-order valence-electron chi connectivity index (χ0n) is 20.0. The summed E-state index contributed by atoms with van der Waals surface area (Å²) >= 11 is 0. The van der Waals surface area contributed by atoms with Crippen LogP contribution in [0.4, 0.5) is 10.5 Å². The van der Waals surface area contributed by atoms with Crippen molar-refractivity contribution in [2.45, 2.75) is 66.5 Å². The standard InChI is InChI=1S/C24H38BN3O2/c1-17(2)13-14-28(20-11-9-19(5)10-12-20)16-24(6,7)26-22(29)21(15-18(3)4)27(8)23(25)30/h9-13,18,21H,14-16H2,1-8H3,(H,26,29)/t21-/m0/s1. The number of hydrogen-bond acceptors (Lipinski definition) is 3. The van der Waals surface area contributed by atoms with Gasteiger partial charge in [-0.15, -0.1) is 0 Å². The number of hydrogen-bond donors (Lipinski definition) is 1. The zero-order valence-corrected chi connectivity index (χ0v) is 20.0. The van der Waals surface area contributed by atoms with E-state index in [0.717, 1.165) is 12.2 Å². The summed E-state index contributed by atoms with van der Waals surface area (Å²) < 4.78 is 0. The fourth-order valence-corrected chi connectivity index (χ4v) is 3.28. The Bertz CT molecular complexity index is 737. The van der Waals surface area contributed by atoms with E-state index in [2.05, 4.69) is 61.3 Å². The maximum atomic E-state index is 13.1. The third kappa shape index (κ3) is 8.64. The number of nitrogens with zero attached hydrogens (tertiary/aromatic N) is 2. The summed E-state index contributed by atoms with van der Waals surface area (Å²) in [6.07, 6.45) is 2.74. The summed E-state index contributed by atoms with van der Waals surface area (Å²) in [4.78, 5) is 28.3. The lowest BCUT2D eigenvalue weighted by Gasteiger charge is -2.37. The molecule has 2 amide bonds. The number of rotatable bonds is 10. The zero-order chi connectivity index (χ0) is 23.1. The molecule has 0 aliphatic rings. The van der Waals surface area contributed by atoms with E-state index in [1.165, 1.54) is 16.0 Å². The molecule has 0 aliphatic carbocycles. The van der Waals surface area contributed by atoms with E-state index < -0.39 is 17.4 Å². The van der Waals surface area contributed by atoms with Gasteiger partial charge in [-0.3, -0.25) is 9.59 Å². The van der Waals surface area contributed by atoms with Crippen molar-refractivity contribution in [3.8, 4) is 0 Å². The maximum Gasteiger partial charge on any atom is 0.243 e. The van der Waals surface area contributed by atoms with Gasteiger partial charge in [0, 0.05) is 25.8 Å². The molecule has 0 fully saturated rings. The van der Waals surface area contributed by atoms with Crippen molar-refractivity contribution < 1.29 is 9.59 Å². The van der Waals surface area contributed by atoms with Crippen LogP contribution in [-0.4, -0.2) is 56.2 Å². The number of amides is 2. The highest BCUT2D eigenvalue weighted by Crippen LogP contribution is 2.20. The second-order valence-electron chi connectivity index (χ2n) is 9.47. The minimum atomic E-state index is -0.599. The molecule has 0 unspecified atom stereocenters. The SMILES string of the molecule is [B]C(=O)N(C)[C@@H](CC(C)C)C(=O)NC(C)(C)CN(CC=C(C)C)c1ccc(C)cc1. The molecular formula is C24H38BN3O2. The molecule has 1 atom stereocenters. The molecule has 0 aliphatic heterocycles. The summed E-state index contributed by atoms with van der Waals surface area (Å²) in [6.45, 7) is 15.7. The Kier molecular flexibility index (Phi) is 9.66. The Balaban J connectivity index is 3.03. The average Bonchev–Trinajstić information content (AvgIpc) is 2.62. The predicted molar refractivity (Wildman–Crippen MR) is 127 cm³/mol. The van der Waals surface area contributed by atoms with Gasteiger partial charge in [-0.25, -0.2) is 0 Å². The molecular weight excluding hydrogens is 373 g/mol. The van der Waals surface area contributed by atoms with Crippen molar-refractivity contribution in [2.24, 2.45) is 5.92 Å². The first-order chi connectivity index (χ1) is 13.8. The molecule has 2 radical (unpaired) electrons. The Morgan fingerprint density at radius 2 is 1.73 bits per heavy atom. The van der Waals surface area contributed by atoms with Gasteiger partial charge in [0.05, 0.1) is 5.54 Å². The topological polar surface area (TPSA) is 52.7 Å². The minimum Gasteiger partial charge on any atom is -0.365 e. The first-order valence-corrected chi connectivity index (χ1v) is 10.6. The molecule has 1 N–H and O–H groups in total. The van der Waals surface area contributed by atoms with Crippen LogP contribution in [0.15, 0.2) is 35.9 Å². The molecule has 1 aromatic carbocycles. The summed E-state index contributed by atoms with van der Waals surface area (Å²) in [5.41, 5.74) is 3.05. The van der Waals surface area contributed by atoms with Gasteiger partial charge in [-0.1, -0.05) is 43.2 Å². The molecule has 30 heavy (non-hydrogen) atoms. The van der Waals surface area contributed by atoms with Crippen LogP contribution < -0.4 is 10.2 Å². The number of carbonyl (C=O) groups is 2. The van der Waals surface area contributed by atoms with Crippen molar-refractivity contribution >= 4 is 25.2 Å². The lowest BCUT2D eigenvalue weighted by Crippen LogP contribution is -2.57. The number of carbonyl (C=O) groups excluding carboxylic acids is 2. The molecule has 5 nitrogen and oxygen atoms in total. The van der Waals surface area contributed by atoms with Crippen LogP contribution in [0.25, 0.3) is 0 Å². The first-order valence-electron chi connectivity index (χ1n) is 10.6. The van der Waals surface area contributed by atoms with Crippen molar-refractivity contribution in [2.75, 3.05) is 25.0 Å². The lowest BCUT2D eigenvalue weighted by atomic mass is 9.97. The average molecular weight is 411 g/mol. The molecule has 164 valence electrons. The highest BCUT2D eigenvalue weighted by Gasteiger charge is 2.31.